The van der Waals surface area contributed by atoms with Gasteiger partial charge < -0.3 is 4.57 Å². The number of aryl methyl sites for hydroxylation is 1. The number of nitrogens with zero attached hydrogens (tertiary/aromatic N) is 1. The molecule has 0 aliphatic carbocycles. The van der Waals surface area contributed by atoms with E-state index in [9.17, 15) is 4.39 Å². The lowest BCUT2D eigenvalue weighted by Crippen LogP contribution is -1.91. The lowest BCUT2D eigenvalue weighted by atomic mass is 10.2. The monoisotopic (exact) mass is 249 g/mol. The molecule has 0 spiro atoms. The standard InChI is InChI=1S/C12H12FN.2C2H6/c1-3-6-14-8-9(2)11-7-10(13)4-5-12(11)14;2*1-2/h3-5,7-8H,1,6H2,2H3;2*1-2H3. The molecule has 2 aromatic rings. The van der Waals surface area contributed by atoms with Crippen LogP contribution in [0.5, 0.6) is 0 Å². The van der Waals surface area contributed by atoms with Gasteiger partial charge >= 0.3 is 0 Å². The molecule has 0 radical (unpaired) electrons. The lowest BCUT2D eigenvalue weighted by Gasteiger charge is -1.99. The van der Waals surface area contributed by atoms with Crippen LogP contribution in [0.3, 0.4) is 0 Å². The third kappa shape index (κ3) is 3.73. The van der Waals surface area contributed by atoms with Crippen LogP contribution in [0.25, 0.3) is 10.9 Å². The number of halogens is 1. The molecule has 1 nitrogen and oxygen atoms in total. The van der Waals surface area contributed by atoms with Crippen molar-refractivity contribution in [3.05, 3.63) is 48.4 Å². The average Bonchev–Trinajstić information content (AvgIpc) is 2.71. The summed E-state index contributed by atoms with van der Waals surface area (Å²) in [7, 11) is 0. The van der Waals surface area contributed by atoms with Crippen molar-refractivity contribution in [2.75, 3.05) is 0 Å². The van der Waals surface area contributed by atoms with Crippen LogP contribution in [-0.2, 0) is 6.54 Å². The molecule has 1 aromatic heterocycles. The molecule has 18 heavy (non-hydrogen) atoms. The summed E-state index contributed by atoms with van der Waals surface area (Å²) in [6.45, 7) is 14.4. The van der Waals surface area contributed by atoms with E-state index in [0.717, 1.165) is 23.0 Å². The van der Waals surface area contributed by atoms with Gasteiger partial charge in [0.15, 0.2) is 0 Å². The van der Waals surface area contributed by atoms with Crippen molar-refractivity contribution < 1.29 is 4.39 Å². The molecule has 1 heterocycles. The normalized spacial score (nSPS) is 9.00. The van der Waals surface area contributed by atoms with Crippen LogP contribution in [-0.4, -0.2) is 4.57 Å². The van der Waals surface area contributed by atoms with Crippen molar-refractivity contribution in [3.8, 4) is 0 Å². The van der Waals surface area contributed by atoms with Gasteiger partial charge in [-0.2, -0.15) is 0 Å². The summed E-state index contributed by atoms with van der Waals surface area (Å²) < 4.78 is 15.0. The van der Waals surface area contributed by atoms with Gasteiger partial charge in [-0.1, -0.05) is 33.8 Å². The number of fused-ring (bicyclic) bond motifs is 1. The number of allylic oxidation sites excluding steroid dienone is 1. The molecule has 2 heteroatoms. The van der Waals surface area contributed by atoms with Crippen LogP contribution in [0.1, 0.15) is 33.3 Å². The van der Waals surface area contributed by atoms with Gasteiger partial charge in [-0.25, -0.2) is 4.39 Å². The fourth-order valence-corrected chi connectivity index (χ4v) is 1.74. The van der Waals surface area contributed by atoms with Crippen molar-refractivity contribution in [2.45, 2.75) is 41.2 Å². The molecule has 0 fully saturated rings. The Balaban J connectivity index is 0.000000659. The molecule has 0 aliphatic rings. The molecule has 0 N–H and O–H groups in total. The zero-order valence-electron chi connectivity index (χ0n) is 12.1. The van der Waals surface area contributed by atoms with E-state index in [1.54, 1.807) is 12.1 Å². The lowest BCUT2D eigenvalue weighted by molar-refractivity contribution is 0.629. The van der Waals surface area contributed by atoms with Gasteiger partial charge in [0.1, 0.15) is 5.82 Å². The second kappa shape index (κ2) is 8.51. The SMILES string of the molecule is C=CCn1cc(C)c2cc(F)ccc21.CC.CC. The van der Waals surface area contributed by atoms with E-state index < -0.39 is 0 Å². The summed E-state index contributed by atoms with van der Waals surface area (Å²) in [4.78, 5) is 0. The Hall–Kier alpha value is -1.57. The Morgan fingerprint density at radius 3 is 2.39 bits per heavy atom. The van der Waals surface area contributed by atoms with E-state index >= 15 is 0 Å². The van der Waals surface area contributed by atoms with Gasteiger partial charge in [0, 0.05) is 23.6 Å². The summed E-state index contributed by atoms with van der Waals surface area (Å²) in [5, 5.41) is 0.979. The first-order valence-corrected chi connectivity index (χ1v) is 6.58. The molecule has 2 rings (SSSR count). The molecule has 100 valence electrons. The summed E-state index contributed by atoms with van der Waals surface area (Å²) >= 11 is 0. The van der Waals surface area contributed by atoms with E-state index in [1.165, 1.54) is 6.07 Å². The number of rotatable bonds is 2. The maximum Gasteiger partial charge on any atom is 0.123 e. The Bertz CT molecular complexity index is 483. The second-order valence-corrected chi connectivity index (χ2v) is 3.41. The Morgan fingerprint density at radius 2 is 1.83 bits per heavy atom. The smallest absolute Gasteiger partial charge is 0.123 e. The summed E-state index contributed by atoms with van der Waals surface area (Å²) in [5.74, 6) is -0.183. The summed E-state index contributed by atoms with van der Waals surface area (Å²) in [6.07, 6.45) is 3.86. The molecule has 0 saturated carbocycles. The third-order valence-corrected chi connectivity index (χ3v) is 2.37. The predicted octanol–water partition coefficient (Wildman–Crippen LogP) is 5.33. The molecule has 0 bridgehead atoms. The highest BCUT2D eigenvalue weighted by Gasteiger charge is 2.04. The average molecular weight is 249 g/mol. The number of hydrogen-bond donors (Lipinski definition) is 0. The van der Waals surface area contributed by atoms with Gasteiger partial charge in [-0.05, 0) is 30.7 Å². The van der Waals surface area contributed by atoms with Crippen molar-refractivity contribution in [2.24, 2.45) is 0 Å². The quantitative estimate of drug-likeness (QED) is 0.634. The maximum atomic E-state index is 13.0. The predicted molar refractivity (Wildman–Crippen MR) is 79.5 cm³/mol. The van der Waals surface area contributed by atoms with E-state index in [-0.39, 0.29) is 5.82 Å². The largest absolute Gasteiger partial charge is 0.343 e. The Kier molecular flexibility index (Phi) is 7.77. The minimum absolute atomic E-state index is 0.183. The fourth-order valence-electron chi connectivity index (χ4n) is 1.74. The van der Waals surface area contributed by atoms with Crippen molar-refractivity contribution in [3.63, 3.8) is 0 Å². The molecule has 0 unspecified atom stereocenters. The summed E-state index contributed by atoms with van der Waals surface area (Å²) in [6, 6.07) is 4.87. The van der Waals surface area contributed by atoms with Crippen LogP contribution in [0.2, 0.25) is 0 Å². The zero-order valence-corrected chi connectivity index (χ0v) is 12.1. The van der Waals surface area contributed by atoms with Gasteiger partial charge in [0.2, 0.25) is 0 Å². The number of benzene rings is 1. The van der Waals surface area contributed by atoms with Gasteiger partial charge in [-0.15, -0.1) is 6.58 Å². The number of aromatic nitrogens is 1. The molecular formula is C16H24FN. The first-order chi connectivity index (χ1) is 8.72. The van der Waals surface area contributed by atoms with E-state index in [2.05, 4.69) is 11.1 Å². The zero-order chi connectivity index (χ0) is 14.1. The molecule has 0 aliphatic heterocycles. The van der Waals surface area contributed by atoms with Gasteiger partial charge in [0.05, 0.1) is 0 Å². The van der Waals surface area contributed by atoms with E-state index in [1.807, 2.05) is 46.9 Å². The van der Waals surface area contributed by atoms with Crippen LogP contribution in [0.15, 0.2) is 37.1 Å². The third-order valence-electron chi connectivity index (χ3n) is 2.37. The highest BCUT2D eigenvalue weighted by Crippen LogP contribution is 2.21. The summed E-state index contributed by atoms with van der Waals surface area (Å²) in [5.41, 5.74) is 2.16. The topological polar surface area (TPSA) is 4.93 Å². The van der Waals surface area contributed by atoms with Crippen LogP contribution in [0.4, 0.5) is 4.39 Å². The van der Waals surface area contributed by atoms with Crippen molar-refractivity contribution in [1.29, 1.82) is 0 Å². The minimum Gasteiger partial charge on any atom is -0.343 e. The Morgan fingerprint density at radius 1 is 1.22 bits per heavy atom. The molecule has 0 saturated heterocycles. The molecule has 0 atom stereocenters. The molecule has 1 aromatic carbocycles. The first-order valence-electron chi connectivity index (χ1n) is 6.58. The Labute approximate surface area is 110 Å². The maximum absolute atomic E-state index is 13.0. The molecular weight excluding hydrogens is 225 g/mol. The first kappa shape index (κ1) is 16.4. The van der Waals surface area contributed by atoms with E-state index in [4.69, 9.17) is 0 Å². The minimum atomic E-state index is -0.183. The van der Waals surface area contributed by atoms with Gasteiger partial charge in [0.25, 0.3) is 0 Å². The van der Waals surface area contributed by atoms with Crippen molar-refractivity contribution in [1.82, 2.24) is 4.57 Å². The van der Waals surface area contributed by atoms with Gasteiger partial charge in [-0.3, -0.25) is 0 Å². The molecule has 0 amide bonds. The number of hydrogen-bond acceptors (Lipinski definition) is 0. The van der Waals surface area contributed by atoms with E-state index in [0.29, 0.717) is 0 Å². The second-order valence-electron chi connectivity index (χ2n) is 3.41. The van der Waals surface area contributed by atoms with Crippen LogP contribution >= 0.6 is 0 Å². The van der Waals surface area contributed by atoms with Crippen LogP contribution < -0.4 is 0 Å². The fraction of sp³-hybridized carbons (Fsp3) is 0.375. The van der Waals surface area contributed by atoms with Crippen LogP contribution in [0, 0.1) is 12.7 Å². The highest BCUT2D eigenvalue weighted by molar-refractivity contribution is 5.83. The van der Waals surface area contributed by atoms with Crippen molar-refractivity contribution >= 4 is 10.9 Å². The highest BCUT2D eigenvalue weighted by atomic mass is 19.1.